The summed E-state index contributed by atoms with van der Waals surface area (Å²) in [5.41, 5.74) is 1.01. The molecular formula is C13H14N4O3. The van der Waals surface area contributed by atoms with Crippen LogP contribution in [0.15, 0.2) is 36.8 Å². The summed E-state index contributed by atoms with van der Waals surface area (Å²) >= 11 is 0. The lowest BCUT2D eigenvalue weighted by molar-refractivity contribution is -0.142. The van der Waals surface area contributed by atoms with Crippen LogP contribution in [0.2, 0.25) is 0 Å². The fourth-order valence-corrected chi connectivity index (χ4v) is 1.76. The van der Waals surface area contributed by atoms with Crippen molar-refractivity contribution in [1.82, 2.24) is 20.1 Å². The molecule has 0 aromatic carbocycles. The highest BCUT2D eigenvalue weighted by Crippen LogP contribution is 2.12. The Balaban J connectivity index is 2.05. The van der Waals surface area contributed by atoms with Crippen molar-refractivity contribution >= 4 is 11.9 Å². The van der Waals surface area contributed by atoms with Gasteiger partial charge in [-0.25, -0.2) is 4.79 Å². The van der Waals surface area contributed by atoms with Crippen LogP contribution >= 0.6 is 0 Å². The van der Waals surface area contributed by atoms with Crippen molar-refractivity contribution in [1.29, 1.82) is 0 Å². The summed E-state index contributed by atoms with van der Waals surface area (Å²) < 4.78 is 1.48. The zero-order valence-electron chi connectivity index (χ0n) is 10.9. The van der Waals surface area contributed by atoms with Gasteiger partial charge in [-0.05, 0) is 12.1 Å². The minimum atomic E-state index is -1.13. The van der Waals surface area contributed by atoms with Crippen molar-refractivity contribution in [2.75, 3.05) is 0 Å². The fourth-order valence-electron chi connectivity index (χ4n) is 1.76. The van der Waals surface area contributed by atoms with Crippen molar-refractivity contribution in [3.63, 3.8) is 0 Å². The quantitative estimate of drug-likeness (QED) is 0.817. The zero-order valence-corrected chi connectivity index (χ0v) is 10.9. The third kappa shape index (κ3) is 3.41. The van der Waals surface area contributed by atoms with E-state index >= 15 is 0 Å². The number of hydrogen-bond donors (Lipinski definition) is 2. The molecule has 1 atom stereocenters. The van der Waals surface area contributed by atoms with Crippen molar-refractivity contribution < 1.29 is 14.7 Å². The summed E-state index contributed by atoms with van der Waals surface area (Å²) in [6.45, 7) is 0. The number of amides is 1. The molecule has 0 radical (unpaired) electrons. The van der Waals surface area contributed by atoms with Gasteiger partial charge in [-0.15, -0.1) is 0 Å². The van der Waals surface area contributed by atoms with Crippen LogP contribution in [-0.4, -0.2) is 31.7 Å². The van der Waals surface area contributed by atoms with Gasteiger partial charge in [0, 0.05) is 30.7 Å². The summed E-state index contributed by atoms with van der Waals surface area (Å²) in [5.74, 6) is -1.53. The number of carboxylic acid groups (broad SMARTS) is 1. The van der Waals surface area contributed by atoms with Crippen LogP contribution in [0.4, 0.5) is 0 Å². The molecule has 2 rings (SSSR count). The first-order valence-electron chi connectivity index (χ1n) is 5.97. The minimum Gasteiger partial charge on any atom is -0.479 e. The molecular weight excluding hydrogens is 260 g/mol. The Bertz CT molecular complexity index is 609. The second kappa shape index (κ2) is 5.96. The SMILES string of the molecule is Cn1cc(C(NC(=O)Cc2ccccn2)C(=O)O)cn1. The van der Waals surface area contributed by atoms with Crippen LogP contribution in [-0.2, 0) is 23.1 Å². The largest absolute Gasteiger partial charge is 0.479 e. The van der Waals surface area contributed by atoms with Gasteiger partial charge in [0.15, 0.2) is 6.04 Å². The Morgan fingerprint density at radius 1 is 1.45 bits per heavy atom. The molecule has 2 N–H and O–H groups in total. The number of aryl methyl sites for hydroxylation is 1. The lowest BCUT2D eigenvalue weighted by Gasteiger charge is -2.12. The second-order valence-corrected chi connectivity index (χ2v) is 4.28. The molecule has 2 aromatic rings. The molecule has 2 heterocycles. The Kier molecular flexibility index (Phi) is 4.09. The van der Waals surface area contributed by atoms with E-state index in [2.05, 4.69) is 15.4 Å². The van der Waals surface area contributed by atoms with Gasteiger partial charge in [0.2, 0.25) is 5.91 Å². The number of pyridine rings is 1. The maximum Gasteiger partial charge on any atom is 0.331 e. The monoisotopic (exact) mass is 274 g/mol. The number of hydrogen-bond acceptors (Lipinski definition) is 4. The molecule has 104 valence electrons. The number of carbonyl (C=O) groups is 2. The van der Waals surface area contributed by atoms with Crippen molar-refractivity contribution in [3.8, 4) is 0 Å². The van der Waals surface area contributed by atoms with E-state index < -0.39 is 17.9 Å². The van der Waals surface area contributed by atoms with Crippen LogP contribution in [0, 0.1) is 0 Å². The molecule has 2 aromatic heterocycles. The average Bonchev–Trinajstić information content (AvgIpc) is 2.83. The van der Waals surface area contributed by atoms with Crippen LogP contribution in [0.3, 0.4) is 0 Å². The van der Waals surface area contributed by atoms with Gasteiger partial charge < -0.3 is 10.4 Å². The Morgan fingerprint density at radius 2 is 2.25 bits per heavy atom. The van der Waals surface area contributed by atoms with E-state index in [0.29, 0.717) is 11.3 Å². The van der Waals surface area contributed by atoms with Gasteiger partial charge in [-0.2, -0.15) is 5.10 Å². The Labute approximate surface area is 115 Å². The van der Waals surface area contributed by atoms with Gasteiger partial charge in [0.05, 0.1) is 12.6 Å². The summed E-state index contributed by atoms with van der Waals surface area (Å²) in [4.78, 5) is 27.1. The van der Waals surface area contributed by atoms with E-state index in [1.165, 1.54) is 10.9 Å². The van der Waals surface area contributed by atoms with E-state index in [0.717, 1.165) is 0 Å². The molecule has 0 aliphatic carbocycles. The number of carboxylic acids is 1. The van der Waals surface area contributed by atoms with Gasteiger partial charge in [0.1, 0.15) is 0 Å². The third-order valence-corrected chi connectivity index (χ3v) is 2.68. The van der Waals surface area contributed by atoms with Gasteiger partial charge in [0.25, 0.3) is 0 Å². The normalized spacial score (nSPS) is 11.8. The molecule has 1 unspecified atom stereocenters. The van der Waals surface area contributed by atoms with Crippen molar-refractivity contribution in [3.05, 3.63) is 48.0 Å². The molecule has 0 aliphatic heterocycles. The fraction of sp³-hybridized carbons (Fsp3) is 0.231. The van der Waals surface area contributed by atoms with Crippen LogP contribution < -0.4 is 5.32 Å². The summed E-state index contributed by atoms with van der Waals surface area (Å²) in [6.07, 6.45) is 4.59. The molecule has 7 heteroatoms. The number of aromatic nitrogens is 3. The number of nitrogens with one attached hydrogen (secondary N) is 1. The summed E-state index contributed by atoms with van der Waals surface area (Å²) in [6, 6.07) is 4.11. The highest BCUT2D eigenvalue weighted by Gasteiger charge is 2.23. The first kappa shape index (κ1) is 13.7. The molecule has 0 spiro atoms. The van der Waals surface area contributed by atoms with E-state index in [-0.39, 0.29) is 6.42 Å². The van der Waals surface area contributed by atoms with Crippen LogP contribution in [0.25, 0.3) is 0 Å². The van der Waals surface area contributed by atoms with Gasteiger partial charge in [-0.3, -0.25) is 14.5 Å². The zero-order chi connectivity index (χ0) is 14.5. The number of aliphatic carboxylic acids is 1. The third-order valence-electron chi connectivity index (χ3n) is 2.68. The van der Waals surface area contributed by atoms with E-state index in [1.54, 1.807) is 37.6 Å². The van der Waals surface area contributed by atoms with Crippen molar-refractivity contribution in [2.24, 2.45) is 7.05 Å². The van der Waals surface area contributed by atoms with Gasteiger partial charge in [-0.1, -0.05) is 6.07 Å². The highest BCUT2D eigenvalue weighted by molar-refractivity contribution is 5.85. The highest BCUT2D eigenvalue weighted by atomic mass is 16.4. The minimum absolute atomic E-state index is 0.0326. The first-order valence-corrected chi connectivity index (χ1v) is 5.97. The topological polar surface area (TPSA) is 97.1 Å². The van der Waals surface area contributed by atoms with E-state index in [1.807, 2.05) is 0 Å². The lowest BCUT2D eigenvalue weighted by atomic mass is 10.1. The number of carbonyl (C=O) groups excluding carboxylic acids is 1. The van der Waals surface area contributed by atoms with Crippen LogP contribution in [0.5, 0.6) is 0 Å². The molecule has 0 saturated carbocycles. The Morgan fingerprint density at radius 3 is 2.80 bits per heavy atom. The summed E-state index contributed by atoms with van der Waals surface area (Å²) in [7, 11) is 1.68. The molecule has 0 fully saturated rings. The maximum absolute atomic E-state index is 11.9. The molecule has 0 aliphatic rings. The molecule has 0 bridgehead atoms. The van der Waals surface area contributed by atoms with E-state index in [9.17, 15) is 14.7 Å². The first-order chi connectivity index (χ1) is 9.56. The van der Waals surface area contributed by atoms with Crippen LogP contribution in [0.1, 0.15) is 17.3 Å². The van der Waals surface area contributed by atoms with Gasteiger partial charge >= 0.3 is 5.97 Å². The Hall–Kier alpha value is -2.70. The molecule has 7 nitrogen and oxygen atoms in total. The molecule has 20 heavy (non-hydrogen) atoms. The van der Waals surface area contributed by atoms with E-state index in [4.69, 9.17) is 0 Å². The number of nitrogens with zero attached hydrogens (tertiary/aromatic N) is 3. The predicted octanol–water partition coefficient (Wildman–Crippen LogP) is 0.300. The smallest absolute Gasteiger partial charge is 0.331 e. The average molecular weight is 274 g/mol. The molecule has 1 amide bonds. The maximum atomic E-state index is 11.9. The predicted molar refractivity (Wildman–Crippen MR) is 69.7 cm³/mol. The second-order valence-electron chi connectivity index (χ2n) is 4.28. The van der Waals surface area contributed by atoms with Crippen molar-refractivity contribution in [2.45, 2.75) is 12.5 Å². The standard InChI is InChI=1S/C13H14N4O3/c1-17-8-9(7-15-17)12(13(19)20)16-11(18)6-10-4-2-3-5-14-10/h2-5,7-8,12H,6H2,1H3,(H,16,18)(H,19,20). The summed E-state index contributed by atoms with van der Waals surface area (Å²) in [5, 5.41) is 15.5. The number of rotatable bonds is 5. The lowest BCUT2D eigenvalue weighted by Crippen LogP contribution is -2.34. The molecule has 0 saturated heterocycles.